The molecular weight excluding hydrogens is 416 g/mol. The zero-order valence-electron chi connectivity index (χ0n) is 19.5. The molecule has 1 amide bonds. The minimum Gasteiger partial charge on any atom is -0.377 e. The van der Waals surface area contributed by atoms with E-state index in [2.05, 4.69) is 39.8 Å². The fourth-order valence-electron chi connectivity index (χ4n) is 5.51. The van der Waals surface area contributed by atoms with Crippen LogP contribution in [0.3, 0.4) is 0 Å². The van der Waals surface area contributed by atoms with E-state index in [0.29, 0.717) is 25.8 Å². The molecule has 3 aliphatic heterocycles. The molecule has 0 atom stereocenters. The third kappa shape index (κ3) is 3.27. The second kappa shape index (κ2) is 7.73. The van der Waals surface area contributed by atoms with Crippen molar-refractivity contribution in [2.24, 2.45) is 7.05 Å². The Balaban J connectivity index is 1.43. The summed E-state index contributed by atoms with van der Waals surface area (Å²) >= 11 is 0. The minimum absolute atomic E-state index is 0.126. The number of hydrogen-bond donors (Lipinski definition) is 0. The molecule has 0 bridgehead atoms. The van der Waals surface area contributed by atoms with Gasteiger partial charge in [-0.15, -0.1) is 0 Å². The number of anilines is 2. The largest absolute Gasteiger partial charge is 0.377 e. The van der Waals surface area contributed by atoms with Crippen molar-refractivity contribution < 1.29 is 9.53 Å². The number of aryl methyl sites for hydroxylation is 3. The van der Waals surface area contributed by atoms with E-state index < -0.39 is 0 Å². The van der Waals surface area contributed by atoms with Gasteiger partial charge in [-0.05, 0) is 43.0 Å². The molecule has 1 fully saturated rings. The summed E-state index contributed by atoms with van der Waals surface area (Å²) in [5.41, 5.74) is 8.59. The first-order valence-corrected chi connectivity index (χ1v) is 11.8. The molecule has 5 heterocycles. The van der Waals surface area contributed by atoms with Crippen molar-refractivity contribution in [2.75, 3.05) is 31.2 Å². The van der Waals surface area contributed by atoms with E-state index in [1.807, 2.05) is 22.8 Å². The van der Waals surface area contributed by atoms with Crippen molar-refractivity contribution in [2.45, 2.75) is 45.7 Å². The third-order valence-corrected chi connectivity index (χ3v) is 7.33. The Morgan fingerprint density at radius 3 is 2.73 bits per heavy atom. The Bertz CT molecular complexity index is 1220. The van der Waals surface area contributed by atoms with Crippen LogP contribution in [0.4, 0.5) is 11.5 Å². The summed E-state index contributed by atoms with van der Waals surface area (Å²) in [6, 6.07) is 7.05. The van der Waals surface area contributed by atoms with Crippen LogP contribution in [0, 0.1) is 6.92 Å². The van der Waals surface area contributed by atoms with E-state index in [1.165, 1.54) is 39.3 Å². The summed E-state index contributed by atoms with van der Waals surface area (Å²) in [5.74, 6) is 1.13. The quantitative estimate of drug-likeness (QED) is 0.618. The first-order chi connectivity index (χ1) is 16.0. The van der Waals surface area contributed by atoms with Crippen LogP contribution < -0.4 is 4.90 Å². The molecule has 0 unspecified atom stereocenters. The zero-order valence-corrected chi connectivity index (χ0v) is 19.5. The lowest BCUT2D eigenvalue weighted by atomic mass is 9.96. The molecule has 0 N–H and O–H groups in total. The monoisotopic (exact) mass is 446 g/mol. The lowest BCUT2D eigenvalue weighted by Crippen LogP contribution is -2.37. The van der Waals surface area contributed by atoms with Gasteiger partial charge in [0.2, 0.25) is 5.91 Å². The van der Waals surface area contributed by atoms with Crippen molar-refractivity contribution in [1.82, 2.24) is 24.5 Å². The smallest absolute Gasteiger partial charge is 0.219 e. The maximum absolute atomic E-state index is 12.2. The molecule has 0 radical (unpaired) electrons. The molecular formula is C25H30N6O2. The van der Waals surface area contributed by atoms with E-state index >= 15 is 0 Å². The van der Waals surface area contributed by atoms with Crippen LogP contribution in [0.1, 0.15) is 41.8 Å². The van der Waals surface area contributed by atoms with Crippen molar-refractivity contribution >= 4 is 17.4 Å². The van der Waals surface area contributed by atoms with Gasteiger partial charge in [-0.2, -0.15) is 10.2 Å². The number of ether oxygens (including phenoxy) is 1. The lowest BCUT2D eigenvalue weighted by Gasteiger charge is -2.33. The van der Waals surface area contributed by atoms with E-state index in [1.54, 1.807) is 6.92 Å². The number of hydrogen-bond acceptors (Lipinski definition) is 5. The first kappa shape index (κ1) is 20.5. The molecule has 2 aromatic heterocycles. The normalized spacial score (nSPS) is 18.2. The van der Waals surface area contributed by atoms with Crippen LogP contribution in [-0.2, 0) is 36.0 Å². The van der Waals surface area contributed by atoms with Gasteiger partial charge in [-0.3, -0.25) is 14.2 Å². The summed E-state index contributed by atoms with van der Waals surface area (Å²) in [7, 11) is 2.00. The summed E-state index contributed by atoms with van der Waals surface area (Å²) in [5, 5.41) is 9.56. The Morgan fingerprint density at radius 2 is 2.03 bits per heavy atom. The first-order valence-electron chi connectivity index (χ1n) is 11.8. The number of fused-ring (bicyclic) bond motifs is 2. The van der Waals surface area contributed by atoms with Gasteiger partial charge in [0.25, 0.3) is 0 Å². The van der Waals surface area contributed by atoms with Crippen LogP contribution >= 0.6 is 0 Å². The van der Waals surface area contributed by atoms with Gasteiger partial charge in [0.1, 0.15) is 0 Å². The topological polar surface area (TPSA) is 68.4 Å². The van der Waals surface area contributed by atoms with Crippen LogP contribution in [0.2, 0.25) is 0 Å². The highest BCUT2D eigenvalue weighted by atomic mass is 16.5. The van der Waals surface area contributed by atoms with Crippen molar-refractivity contribution in [1.29, 1.82) is 0 Å². The molecule has 1 aromatic carbocycles. The average Bonchev–Trinajstić information content (AvgIpc) is 3.31. The Hall–Kier alpha value is -3.13. The zero-order chi connectivity index (χ0) is 22.7. The van der Waals surface area contributed by atoms with E-state index in [9.17, 15) is 4.79 Å². The number of nitrogens with zero attached hydrogens (tertiary/aromatic N) is 6. The van der Waals surface area contributed by atoms with Crippen LogP contribution in [0.15, 0.2) is 24.4 Å². The molecule has 8 nitrogen and oxygen atoms in total. The number of aromatic nitrogens is 4. The highest BCUT2D eigenvalue weighted by Crippen LogP contribution is 2.40. The Labute approximate surface area is 193 Å². The maximum atomic E-state index is 12.2. The predicted octanol–water partition coefficient (Wildman–Crippen LogP) is 3.15. The lowest BCUT2D eigenvalue weighted by molar-refractivity contribution is -0.129. The van der Waals surface area contributed by atoms with Gasteiger partial charge in [0.05, 0.1) is 37.7 Å². The molecule has 8 heteroatoms. The second-order valence-electron chi connectivity index (χ2n) is 9.47. The predicted molar refractivity (Wildman–Crippen MR) is 126 cm³/mol. The highest BCUT2D eigenvalue weighted by molar-refractivity contribution is 5.76. The highest BCUT2D eigenvalue weighted by Gasteiger charge is 2.34. The van der Waals surface area contributed by atoms with Crippen molar-refractivity contribution in [3.05, 3.63) is 46.8 Å². The van der Waals surface area contributed by atoms with Gasteiger partial charge in [0.15, 0.2) is 5.82 Å². The number of rotatable bonds is 3. The molecule has 0 spiro atoms. The molecule has 0 saturated carbocycles. The van der Waals surface area contributed by atoms with Gasteiger partial charge < -0.3 is 14.5 Å². The molecule has 3 aliphatic rings. The summed E-state index contributed by atoms with van der Waals surface area (Å²) < 4.78 is 9.61. The summed E-state index contributed by atoms with van der Waals surface area (Å²) in [4.78, 5) is 16.5. The molecule has 6 rings (SSSR count). The third-order valence-electron chi connectivity index (χ3n) is 7.33. The molecule has 0 aliphatic carbocycles. The number of carbonyl (C=O) groups excluding carboxylic acids is 1. The van der Waals surface area contributed by atoms with Crippen molar-refractivity contribution in [3.63, 3.8) is 0 Å². The second-order valence-corrected chi connectivity index (χ2v) is 9.47. The van der Waals surface area contributed by atoms with Crippen molar-refractivity contribution in [3.8, 4) is 11.3 Å². The van der Waals surface area contributed by atoms with Gasteiger partial charge >= 0.3 is 0 Å². The Kier molecular flexibility index (Phi) is 4.79. The molecule has 33 heavy (non-hydrogen) atoms. The number of benzene rings is 1. The minimum atomic E-state index is 0.126. The van der Waals surface area contributed by atoms with Gasteiger partial charge in [0, 0.05) is 56.0 Å². The molecule has 172 valence electrons. The van der Waals surface area contributed by atoms with Gasteiger partial charge in [-0.25, -0.2) is 0 Å². The molecule has 3 aromatic rings. The van der Waals surface area contributed by atoms with Gasteiger partial charge in [-0.1, -0.05) is 6.07 Å². The van der Waals surface area contributed by atoms with Crippen LogP contribution in [0.25, 0.3) is 11.3 Å². The molecule has 1 saturated heterocycles. The fourth-order valence-corrected chi connectivity index (χ4v) is 5.51. The number of amides is 1. The Morgan fingerprint density at radius 1 is 1.18 bits per heavy atom. The number of carbonyl (C=O) groups is 1. The van der Waals surface area contributed by atoms with E-state index in [-0.39, 0.29) is 5.91 Å². The summed E-state index contributed by atoms with van der Waals surface area (Å²) in [6.45, 7) is 7.52. The van der Waals surface area contributed by atoms with Crippen LogP contribution in [0.5, 0.6) is 0 Å². The van der Waals surface area contributed by atoms with E-state index in [4.69, 9.17) is 9.84 Å². The maximum Gasteiger partial charge on any atom is 0.219 e. The SMILES string of the molecule is CC(=O)N1CCc2c(c(N3CCCc4cc(-c5c(C)cnn5C)ccc43)nn2C2COC2)C1. The van der Waals surface area contributed by atoms with E-state index in [0.717, 1.165) is 38.2 Å². The average molecular weight is 447 g/mol. The fraction of sp³-hybridized carbons (Fsp3) is 0.480. The summed E-state index contributed by atoms with van der Waals surface area (Å²) in [6.07, 6.45) is 4.89. The standard InChI is InChI=1S/C25H30N6O2/c1-16-12-26-28(3)24(16)19-6-7-22-18(11-19)5-4-9-30(22)25-21-13-29(17(2)32)10-8-23(21)31(27-25)20-14-33-15-20/h6-7,11-12,20H,4-5,8-10,13-15H2,1-3H3. The van der Waals surface area contributed by atoms with Crippen LogP contribution in [-0.4, -0.2) is 56.7 Å².